The molecule has 0 fully saturated rings. The highest BCUT2D eigenvalue weighted by atomic mass is 16.2. The molecule has 0 atom stereocenters. The summed E-state index contributed by atoms with van der Waals surface area (Å²) in [4.78, 5) is 19.1. The zero-order chi connectivity index (χ0) is 19.5. The SMILES string of the molecule is Cc1nccc(-c2ccccc2)c1-c1nnn(CC(=O)Nc2cnn(C)n2)n1. The van der Waals surface area contributed by atoms with Crippen molar-refractivity contribution in [1.82, 2.24) is 40.2 Å². The highest BCUT2D eigenvalue weighted by Gasteiger charge is 2.17. The van der Waals surface area contributed by atoms with Gasteiger partial charge in [-0.25, -0.2) is 0 Å². The highest BCUT2D eigenvalue weighted by Crippen LogP contribution is 2.31. The van der Waals surface area contributed by atoms with E-state index in [0.717, 1.165) is 22.4 Å². The molecule has 0 radical (unpaired) electrons. The first-order valence-corrected chi connectivity index (χ1v) is 8.55. The van der Waals surface area contributed by atoms with Gasteiger partial charge in [0.1, 0.15) is 6.54 Å². The Kier molecular flexibility index (Phi) is 4.58. The summed E-state index contributed by atoms with van der Waals surface area (Å²) in [5.74, 6) is 0.453. The molecule has 3 heterocycles. The van der Waals surface area contributed by atoms with Gasteiger partial charge in [-0.05, 0) is 29.3 Å². The molecule has 4 rings (SSSR count). The number of aromatic nitrogens is 8. The number of pyridine rings is 1. The summed E-state index contributed by atoms with van der Waals surface area (Å²) < 4.78 is 0. The summed E-state index contributed by atoms with van der Waals surface area (Å²) in [6, 6.07) is 11.8. The van der Waals surface area contributed by atoms with Crippen LogP contribution in [0.15, 0.2) is 48.8 Å². The quantitative estimate of drug-likeness (QED) is 0.561. The van der Waals surface area contributed by atoms with Crippen LogP contribution < -0.4 is 5.32 Å². The van der Waals surface area contributed by atoms with Crippen LogP contribution in [0.5, 0.6) is 0 Å². The van der Waals surface area contributed by atoms with Crippen molar-refractivity contribution in [2.75, 3.05) is 5.32 Å². The van der Waals surface area contributed by atoms with Gasteiger partial charge in [-0.15, -0.1) is 15.3 Å². The van der Waals surface area contributed by atoms with Gasteiger partial charge in [0.15, 0.2) is 5.82 Å². The lowest BCUT2D eigenvalue weighted by atomic mass is 9.99. The van der Waals surface area contributed by atoms with Crippen LogP contribution in [0.1, 0.15) is 5.69 Å². The van der Waals surface area contributed by atoms with E-state index in [2.05, 4.69) is 35.9 Å². The Morgan fingerprint density at radius 2 is 1.96 bits per heavy atom. The molecule has 10 nitrogen and oxygen atoms in total. The summed E-state index contributed by atoms with van der Waals surface area (Å²) in [7, 11) is 1.67. The third kappa shape index (κ3) is 3.61. The zero-order valence-corrected chi connectivity index (χ0v) is 15.3. The Morgan fingerprint density at radius 3 is 2.71 bits per heavy atom. The van der Waals surface area contributed by atoms with Crippen molar-refractivity contribution in [3.8, 4) is 22.5 Å². The predicted octanol–water partition coefficient (Wildman–Crippen LogP) is 1.48. The molecular weight excluding hydrogens is 358 g/mol. The summed E-state index contributed by atoms with van der Waals surface area (Å²) in [5.41, 5.74) is 3.55. The molecule has 1 N–H and O–H groups in total. The molecule has 0 aliphatic heterocycles. The Bertz CT molecular complexity index is 1120. The molecular formula is C18H17N9O. The lowest BCUT2D eigenvalue weighted by Gasteiger charge is -2.08. The average Bonchev–Trinajstić information content (AvgIpc) is 3.31. The van der Waals surface area contributed by atoms with E-state index < -0.39 is 0 Å². The van der Waals surface area contributed by atoms with Crippen LogP contribution >= 0.6 is 0 Å². The van der Waals surface area contributed by atoms with Crippen LogP contribution in [-0.2, 0) is 18.4 Å². The Hall–Kier alpha value is -3.95. The molecule has 0 bridgehead atoms. The minimum absolute atomic E-state index is 0.0937. The molecule has 140 valence electrons. The standard InChI is InChI=1S/C18H17N9O/c1-12-17(14(8-9-19-12)13-6-4-3-5-7-13)18-22-25-27(24-18)11-16(28)21-15-10-20-26(2)23-15/h3-10H,11H2,1-2H3,(H,21,23,28). The van der Waals surface area contributed by atoms with E-state index in [1.807, 2.05) is 43.3 Å². The van der Waals surface area contributed by atoms with Gasteiger partial charge in [0.25, 0.3) is 0 Å². The Morgan fingerprint density at radius 1 is 1.14 bits per heavy atom. The number of benzene rings is 1. The van der Waals surface area contributed by atoms with Gasteiger partial charge in [-0.1, -0.05) is 30.3 Å². The molecule has 0 aliphatic carbocycles. The molecule has 0 aliphatic rings. The maximum atomic E-state index is 12.2. The first kappa shape index (κ1) is 17.5. The van der Waals surface area contributed by atoms with E-state index in [0.29, 0.717) is 11.6 Å². The molecule has 0 saturated heterocycles. The van der Waals surface area contributed by atoms with E-state index in [9.17, 15) is 4.79 Å². The van der Waals surface area contributed by atoms with E-state index in [4.69, 9.17) is 0 Å². The van der Waals surface area contributed by atoms with Crippen molar-refractivity contribution < 1.29 is 4.79 Å². The van der Waals surface area contributed by atoms with Gasteiger partial charge in [0, 0.05) is 18.9 Å². The summed E-state index contributed by atoms with van der Waals surface area (Å²) >= 11 is 0. The summed E-state index contributed by atoms with van der Waals surface area (Å²) in [6.45, 7) is 1.80. The number of amides is 1. The minimum atomic E-state index is -0.323. The van der Waals surface area contributed by atoms with Gasteiger partial charge in [-0.3, -0.25) is 9.78 Å². The Labute approximate surface area is 160 Å². The zero-order valence-electron chi connectivity index (χ0n) is 15.3. The smallest absolute Gasteiger partial charge is 0.249 e. The second kappa shape index (κ2) is 7.35. The molecule has 28 heavy (non-hydrogen) atoms. The van der Waals surface area contributed by atoms with Crippen LogP contribution in [0.2, 0.25) is 0 Å². The largest absolute Gasteiger partial charge is 0.306 e. The number of aryl methyl sites for hydroxylation is 2. The van der Waals surface area contributed by atoms with Crippen molar-refractivity contribution in [2.24, 2.45) is 7.05 Å². The maximum Gasteiger partial charge on any atom is 0.249 e. The fourth-order valence-corrected chi connectivity index (χ4v) is 2.83. The average molecular weight is 375 g/mol. The normalized spacial score (nSPS) is 10.8. The van der Waals surface area contributed by atoms with Gasteiger partial charge in [-0.2, -0.15) is 14.7 Å². The van der Waals surface area contributed by atoms with Gasteiger partial charge in [0.2, 0.25) is 11.7 Å². The topological polar surface area (TPSA) is 116 Å². The fourth-order valence-electron chi connectivity index (χ4n) is 2.83. The van der Waals surface area contributed by atoms with Crippen molar-refractivity contribution in [3.05, 3.63) is 54.5 Å². The van der Waals surface area contributed by atoms with Crippen LogP contribution in [-0.4, -0.2) is 46.1 Å². The third-order valence-electron chi connectivity index (χ3n) is 4.05. The van der Waals surface area contributed by atoms with Gasteiger partial charge >= 0.3 is 0 Å². The van der Waals surface area contributed by atoms with E-state index in [-0.39, 0.29) is 12.5 Å². The first-order valence-electron chi connectivity index (χ1n) is 8.55. The molecule has 0 unspecified atom stereocenters. The van der Waals surface area contributed by atoms with Gasteiger partial charge in [0.05, 0.1) is 11.8 Å². The maximum absolute atomic E-state index is 12.2. The number of hydrogen-bond acceptors (Lipinski definition) is 7. The minimum Gasteiger partial charge on any atom is -0.306 e. The van der Waals surface area contributed by atoms with Crippen molar-refractivity contribution >= 4 is 11.7 Å². The number of carbonyl (C=O) groups is 1. The fraction of sp³-hybridized carbons (Fsp3) is 0.167. The molecule has 0 spiro atoms. The van der Waals surface area contributed by atoms with Crippen LogP contribution in [0, 0.1) is 6.92 Å². The molecule has 1 amide bonds. The number of rotatable bonds is 5. The molecule has 3 aromatic heterocycles. The summed E-state index contributed by atoms with van der Waals surface area (Å²) in [6.07, 6.45) is 3.21. The van der Waals surface area contributed by atoms with Crippen LogP contribution in [0.4, 0.5) is 5.82 Å². The molecule has 0 saturated carbocycles. The third-order valence-corrected chi connectivity index (χ3v) is 4.05. The lowest BCUT2D eigenvalue weighted by Crippen LogP contribution is -2.20. The number of carbonyl (C=O) groups excluding carboxylic acids is 1. The lowest BCUT2D eigenvalue weighted by molar-refractivity contribution is -0.117. The second-order valence-corrected chi connectivity index (χ2v) is 6.10. The second-order valence-electron chi connectivity index (χ2n) is 6.10. The van der Waals surface area contributed by atoms with Gasteiger partial charge < -0.3 is 5.32 Å². The number of hydrogen-bond donors (Lipinski definition) is 1. The van der Waals surface area contributed by atoms with Crippen molar-refractivity contribution in [3.63, 3.8) is 0 Å². The monoisotopic (exact) mass is 375 g/mol. The predicted molar refractivity (Wildman–Crippen MR) is 101 cm³/mol. The van der Waals surface area contributed by atoms with E-state index >= 15 is 0 Å². The van der Waals surface area contributed by atoms with E-state index in [1.165, 1.54) is 15.8 Å². The number of tetrazole rings is 1. The molecule has 4 aromatic rings. The van der Waals surface area contributed by atoms with Crippen LogP contribution in [0.25, 0.3) is 22.5 Å². The van der Waals surface area contributed by atoms with Crippen molar-refractivity contribution in [1.29, 1.82) is 0 Å². The number of anilines is 1. The summed E-state index contributed by atoms with van der Waals surface area (Å²) in [5, 5.41) is 23.0. The molecule has 10 heteroatoms. The Balaban J connectivity index is 1.59. The number of nitrogens with zero attached hydrogens (tertiary/aromatic N) is 8. The first-order chi connectivity index (χ1) is 13.6. The van der Waals surface area contributed by atoms with Crippen molar-refractivity contribution in [2.45, 2.75) is 13.5 Å². The number of nitrogens with one attached hydrogen (secondary N) is 1. The highest BCUT2D eigenvalue weighted by molar-refractivity contribution is 5.89. The van der Waals surface area contributed by atoms with Crippen LogP contribution in [0.3, 0.4) is 0 Å². The van der Waals surface area contributed by atoms with E-state index in [1.54, 1.807) is 13.2 Å². The molecule has 1 aromatic carbocycles.